The summed E-state index contributed by atoms with van der Waals surface area (Å²) in [6.07, 6.45) is 0.520. The second kappa shape index (κ2) is 8.44. The molecule has 1 aliphatic rings. The third-order valence-electron chi connectivity index (χ3n) is 4.74. The second-order valence-corrected chi connectivity index (χ2v) is 7.04. The first-order valence-electron chi connectivity index (χ1n) is 8.90. The molecule has 3 rings (SSSR count). The van der Waals surface area contributed by atoms with Crippen molar-refractivity contribution in [2.75, 3.05) is 20.7 Å². The van der Waals surface area contributed by atoms with Gasteiger partial charge in [-0.1, -0.05) is 41.9 Å². The maximum absolute atomic E-state index is 12.9. The molecule has 28 heavy (non-hydrogen) atoms. The van der Waals surface area contributed by atoms with Crippen LogP contribution in [0, 0.1) is 0 Å². The topological polar surface area (TPSA) is 62.2 Å². The van der Waals surface area contributed by atoms with Crippen LogP contribution in [0.3, 0.4) is 0 Å². The predicted octanol–water partition coefficient (Wildman–Crippen LogP) is 3.50. The molecule has 0 N–H and O–H groups in total. The Morgan fingerprint density at radius 2 is 2.00 bits per heavy atom. The monoisotopic (exact) mass is 399 g/mol. The zero-order chi connectivity index (χ0) is 20.3. The molecule has 2 aromatic carbocycles. The largest absolute Gasteiger partial charge is 0.497 e. The highest BCUT2D eigenvalue weighted by molar-refractivity contribution is 6.31. The quantitative estimate of drug-likeness (QED) is 0.773. The van der Waals surface area contributed by atoms with E-state index >= 15 is 0 Å². The Morgan fingerprint density at radius 3 is 2.68 bits per heavy atom. The maximum Gasteiger partial charge on any atom is 0.262 e. The molecule has 0 aliphatic carbocycles. The first-order chi connectivity index (χ1) is 13.4. The van der Waals surface area contributed by atoms with E-state index in [0.29, 0.717) is 11.4 Å². The molecular formula is C21H22ClN3O3. The summed E-state index contributed by atoms with van der Waals surface area (Å²) in [5.41, 5.74) is 2.47. The Balaban J connectivity index is 1.96. The van der Waals surface area contributed by atoms with Gasteiger partial charge in [0.25, 0.3) is 5.91 Å². The van der Waals surface area contributed by atoms with Crippen LogP contribution in [0.1, 0.15) is 30.5 Å². The van der Waals surface area contributed by atoms with Crippen molar-refractivity contribution in [1.82, 2.24) is 9.91 Å². The molecule has 0 spiro atoms. The minimum absolute atomic E-state index is 0.0504. The van der Waals surface area contributed by atoms with Crippen LogP contribution in [-0.4, -0.2) is 48.1 Å². The van der Waals surface area contributed by atoms with Crippen molar-refractivity contribution in [2.45, 2.75) is 19.4 Å². The van der Waals surface area contributed by atoms with E-state index in [1.807, 2.05) is 42.5 Å². The molecule has 0 fully saturated rings. The normalized spacial score (nSPS) is 15.9. The highest BCUT2D eigenvalue weighted by Crippen LogP contribution is 2.36. The van der Waals surface area contributed by atoms with Crippen molar-refractivity contribution >= 4 is 29.1 Å². The SMILES string of the molecule is COc1cccc(C2=NN(C(=O)CN(C)C(C)=O)[C@@H](c3ccccc3Cl)C2)c1. The highest BCUT2D eigenvalue weighted by Gasteiger charge is 2.34. The lowest BCUT2D eigenvalue weighted by Gasteiger charge is -2.25. The third kappa shape index (κ3) is 4.17. The molecule has 0 radical (unpaired) electrons. The minimum Gasteiger partial charge on any atom is -0.497 e. The number of hydrogen-bond donors (Lipinski definition) is 0. The molecule has 0 saturated carbocycles. The van der Waals surface area contributed by atoms with Crippen LogP contribution in [0.25, 0.3) is 0 Å². The number of nitrogens with zero attached hydrogens (tertiary/aromatic N) is 3. The molecule has 0 bridgehead atoms. The Labute approximate surface area is 169 Å². The lowest BCUT2D eigenvalue weighted by molar-refractivity contribution is -0.139. The molecule has 146 valence electrons. The number of hydrazone groups is 1. The van der Waals surface area contributed by atoms with Gasteiger partial charge in [0.1, 0.15) is 12.3 Å². The van der Waals surface area contributed by atoms with Crippen molar-refractivity contribution in [3.05, 3.63) is 64.7 Å². The average molecular weight is 400 g/mol. The summed E-state index contributed by atoms with van der Waals surface area (Å²) < 4.78 is 5.30. The molecule has 2 aromatic rings. The van der Waals surface area contributed by atoms with Crippen LogP contribution >= 0.6 is 11.6 Å². The number of carbonyl (C=O) groups excluding carboxylic acids is 2. The Morgan fingerprint density at radius 1 is 1.25 bits per heavy atom. The molecule has 0 saturated heterocycles. The van der Waals surface area contributed by atoms with Gasteiger partial charge < -0.3 is 9.64 Å². The number of carbonyl (C=O) groups is 2. The van der Waals surface area contributed by atoms with Crippen LogP contribution in [0.5, 0.6) is 5.75 Å². The average Bonchev–Trinajstić information content (AvgIpc) is 3.13. The van der Waals surface area contributed by atoms with E-state index in [1.165, 1.54) is 16.8 Å². The number of methoxy groups -OCH3 is 1. The predicted molar refractivity (Wildman–Crippen MR) is 108 cm³/mol. The molecule has 2 amide bonds. The fourth-order valence-corrected chi connectivity index (χ4v) is 3.35. The van der Waals surface area contributed by atoms with Gasteiger partial charge in [-0.25, -0.2) is 5.01 Å². The summed E-state index contributed by atoms with van der Waals surface area (Å²) in [5, 5.41) is 6.61. The first kappa shape index (κ1) is 19.9. The van der Waals surface area contributed by atoms with Crippen LogP contribution in [0.2, 0.25) is 5.02 Å². The lowest BCUT2D eigenvalue weighted by atomic mass is 9.98. The van der Waals surface area contributed by atoms with E-state index in [-0.39, 0.29) is 24.4 Å². The van der Waals surface area contributed by atoms with Crippen molar-refractivity contribution in [2.24, 2.45) is 5.10 Å². The molecule has 7 heteroatoms. The van der Waals surface area contributed by atoms with E-state index in [4.69, 9.17) is 16.3 Å². The number of likely N-dealkylation sites (N-methyl/N-ethyl adjacent to an activating group) is 1. The number of ether oxygens (including phenoxy) is 1. The van der Waals surface area contributed by atoms with Crippen molar-refractivity contribution in [1.29, 1.82) is 0 Å². The van der Waals surface area contributed by atoms with E-state index in [0.717, 1.165) is 22.6 Å². The highest BCUT2D eigenvalue weighted by atomic mass is 35.5. The zero-order valence-electron chi connectivity index (χ0n) is 16.1. The summed E-state index contributed by atoms with van der Waals surface area (Å²) in [4.78, 5) is 25.8. The van der Waals surface area contributed by atoms with Gasteiger partial charge in [-0.2, -0.15) is 5.10 Å². The van der Waals surface area contributed by atoms with Crippen LogP contribution in [0.15, 0.2) is 53.6 Å². The van der Waals surface area contributed by atoms with Gasteiger partial charge in [0.05, 0.1) is 18.9 Å². The molecule has 1 atom stereocenters. The van der Waals surface area contributed by atoms with Gasteiger partial charge in [0.2, 0.25) is 5.91 Å². The molecule has 1 heterocycles. The first-order valence-corrected chi connectivity index (χ1v) is 9.28. The van der Waals surface area contributed by atoms with Gasteiger partial charge in [-0.15, -0.1) is 0 Å². The molecule has 0 unspecified atom stereocenters. The van der Waals surface area contributed by atoms with E-state index in [9.17, 15) is 9.59 Å². The van der Waals surface area contributed by atoms with Crippen LogP contribution < -0.4 is 4.74 Å². The fraction of sp³-hybridized carbons (Fsp3) is 0.286. The van der Waals surface area contributed by atoms with Gasteiger partial charge in [-0.05, 0) is 23.8 Å². The number of amides is 2. The summed E-state index contributed by atoms with van der Waals surface area (Å²) >= 11 is 6.40. The minimum atomic E-state index is -0.331. The Bertz CT molecular complexity index is 929. The molecule has 0 aromatic heterocycles. The maximum atomic E-state index is 12.9. The van der Waals surface area contributed by atoms with E-state index in [1.54, 1.807) is 20.2 Å². The summed E-state index contributed by atoms with van der Waals surface area (Å²) in [6.45, 7) is 1.37. The summed E-state index contributed by atoms with van der Waals surface area (Å²) in [5.74, 6) is 0.273. The number of benzene rings is 2. The number of rotatable bonds is 5. The number of halogens is 1. The van der Waals surface area contributed by atoms with Gasteiger partial charge in [0.15, 0.2) is 0 Å². The van der Waals surface area contributed by atoms with E-state index in [2.05, 4.69) is 5.10 Å². The smallest absolute Gasteiger partial charge is 0.262 e. The van der Waals surface area contributed by atoms with Crippen LogP contribution in [-0.2, 0) is 9.59 Å². The standard InChI is InChI=1S/C21H22ClN3O3/c1-14(26)24(2)13-21(27)25-20(17-9-4-5-10-18(17)22)12-19(23-25)15-7-6-8-16(11-15)28-3/h4-11,20H,12-13H2,1-3H3/t20-/m1/s1. The molecular weight excluding hydrogens is 378 g/mol. The van der Waals surface area contributed by atoms with E-state index < -0.39 is 0 Å². The summed E-state index contributed by atoms with van der Waals surface area (Å²) in [7, 11) is 3.20. The van der Waals surface area contributed by atoms with Crippen LogP contribution in [0.4, 0.5) is 0 Å². The van der Waals surface area contributed by atoms with Gasteiger partial charge in [-0.3, -0.25) is 9.59 Å². The number of hydrogen-bond acceptors (Lipinski definition) is 4. The lowest BCUT2D eigenvalue weighted by Crippen LogP contribution is -2.38. The zero-order valence-corrected chi connectivity index (χ0v) is 16.8. The third-order valence-corrected chi connectivity index (χ3v) is 5.09. The van der Waals surface area contributed by atoms with Crippen molar-refractivity contribution < 1.29 is 14.3 Å². The Hall–Kier alpha value is -2.86. The van der Waals surface area contributed by atoms with Crippen molar-refractivity contribution in [3.63, 3.8) is 0 Å². The van der Waals surface area contributed by atoms with Crippen molar-refractivity contribution in [3.8, 4) is 5.75 Å². The van der Waals surface area contributed by atoms with Gasteiger partial charge >= 0.3 is 0 Å². The Kier molecular flexibility index (Phi) is 5.99. The van der Waals surface area contributed by atoms with Gasteiger partial charge in [0, 0.05) is 31.0 Å². The molecule has 6 nitrogen and oxygen atoms in total. The summed E-state index contributed by atoms with van der Waals surface area (Å²) in [6, 6.07) is 14.7. The molecule has 1 aliphatic heterocycles. The fourth-order valence-electron chi connectivity index (χ4n) is 3.09. The second-order valence-electron chi connectivity index (χ2n) is 6.63.